The Morgan fingerprint density at radius 1 is 1.48 bits per heavy atom. The number of hydrogen-bond acceptors (Lipinski definition) is 7. The molecule has 0 spiro atoms. The second-order valence-electron chi connectivity index (χ2n) is 4.29. The predicted octanol–water partition coefficient (Wildman–Crippen LogP) is 3.45. The van der Waals surface area contributed by atoms with Crippen molar-refractivity contribution in [2.75, 3.05) is 11.1 Å². The summed E-state index contributed by atoms with van der Waals surface area (Å²) >= 11 is 4.38. The Bertz CT molecular complexity index is 769. The number of fused-ring (bicyclic) bond motifs is 1. The third-order valence-corrected chi connectivity index (χ3v) is 5.60. The number of anilines is 2. The molecule has 0 fully saturated rings. The fraction of sp³-hybridized carbons (Fsp3) is 0.154. The smallest absolute Gasteiger partial charge is 0.239 e. The number of nitrogen functional groups attached to an aromatic ring is 1. The van der Waals surface area contributed by atoms with E-state index >= 15 is 0 Å². The molecule has 3 N–H and O–H groups in total. The van der Waals surface area contributed by atoms with Crippen LogP contribution < -0.4 is 11.1 Å². The van der Waals surface area contributed by atoms with Gasteiger partial charge in [-0.1, -0.05) is 11.8 Å². The van der Waals surface area contributed by atoms with Gasteiger partial charge in [0.05, 0.1) is 15.5 Å². The summed E-state index contributed by atoms with van der Waals surface area (Å²) in [7, 11) is 0. The lowest BCUT2D eigenvalue weighted by Crippen LogP contribution is -2.22. The van der Waals surface area contributed by atoms with Crippen molar-refractivity contribution in [3.8, 4) is 0 Å². The Balaban J connectivity index is 1.70. The average molecular weight is 336 g/mol. The van der Waals surface area contributed by atoms with E-state index < -0.39 is 0 Å². The van der Waals surface area contributed by atoms with Gasteiger partial charge < -0.3 is 11.1 Å². The third-order valence-electron chi connectivity index (χ3n) is 2.70. The van der Waals surface area contributed by atoms with Crippen molar-refractivity contribution in [2.45, 2.75) is 16.5 Å². The molecule has 2 heterocycles. The topological polar surface area (TPSA) is 80.9 Å². The number of amides is 1. The van der Waals surface area contributed by atoms with Gasteiger partial charge in [-0.15, -0.1) is 22.7 Å². The monoisotopic (exact) mass is 336 g/mol. The van der Waals surface area contributed by atoms with Gasteiger partial charge in [0.25, 0.3) is 0 Å². The first-order valence-corrected chi connectivity index (χ1v) is 8.72. The van der Waals surface area contributed by atoms with Gasteiger partial charge in [-0.05, 0) is 25.1 Å². The SMILES string of the molecule is C[C@H](Sc1nc2ccc(N)cc2s1)C(=O)Nc1nccs1. The number of nitrogens with zero attached hydrogens (tertiary/aromatic N) is 2. The number of thioether (sulfide) groups is 1. The molecule has 3 rings (SSSR count). The predicted molar refractivity (Wildman–Crippen MR) is 90.1 cm³/mol. The molecule has 0 unspecified atom stereocenters. The van der Waals surface area contributed by atoms with E-state index in [1.807, 2.05) is 30.5 Å². The zero-order valence-corrected chi connectivity index (χ0v) is 13.5. The lowest BCUT2D eigenvalue weighted by atomic mass is 10.3. The molecule has 0 aliphatic heterocycles. The summed E-state index contributed by atoms with van der Waals surface area (Å²) in [5.74, 6) is -0.0753. The van der Waals surface area contributed by atoms with E-state index in [9.17, 15) is 4.79 Å². The van der Waals surface area contributed by atoms with E-state index in [0.29, 0.717) is 5.13 Å². The summed E-state index contributed by atoms with van der Waals surface area (Å²) in [6.07, 6.45) is 1.66. The van der Waals surface area contributed by atoms with Crippen LogP contribution in [0.3, 0.4) is 0 Å². The minimum Gasteiger partial charge on any atom is -0.399 e. The number of thiazole rings is 2. The zero-order valence-electron chi connectivity index (χ0n) is 11.1. The number of benzene rings is 1. The maximum absolute atomic E-state index is 12.1. The minimum absolute atomic E-state index is 0.0753. The van der Waals surface area contributed by atoms with Gasteiger partial charge in [0, 0.05) is 17.3 Å². The Morgan fingerprint density at radius 3 is 3.10 bits per heavy atom. The molecule has 0 bridgehead atoms. The minimum atomic E-state index is -0.244. The van der Waals surface area contributed by atoms with Crippen LogP contribution in [0.1, 0.15) is 6.92 Å². The quantitative estimate of drug-likeness (QED) is 0.563. The van der Waals surface area contributed by atoms with E-state index in [1.165, 1.54) is 23.1 Å². The molecule has 3 aromatic rings. The maximum Gasteiger partial charge on any atom is 0.239 e. The first-order chi connectivity index (χ1) is 10.1. The second kappa shape index (κ2) is 6.00. The summed E-state index contributed by atoms with van der Waals surface area (Å²) < 4.78 is 1.89. The first-order valence-electron chi connectivity index (χ1n) is 6.15. The van der Waals surface area contributed by atoms with Gasteiger partial charge in [0.1, 0.15) is 0 Å². The molecule has 0 radical (unpaired) electrons. The zero-order chi connectivity index (χ0) is 14.8. The summed E-state index contributed by atoms with van der Waals surface area (Å²) in [5, 5.41) is 4.99. The fourth-order valence-corrected chi connectivity index (χ4v) is 4.46. The lowest BCUT2D eigenvalue weighted by molar-refractivity contribution is -0.115. The Hall–Kier alpha value is -1.64. The highest BCUT2D eigenvalue weighted by atomic mass is 32.2. The number of nitrogens with two attached hydrogens (primary N) is 1. The van der Waals surface area contributed by atoms with Crippen molar-refractivity contribution in [2.24, 2.45) is 0 Å². The fourth-order valence-electron chi connectivity index (χ4n) is 1.67. The molecular formula is C13H12N4OS3. The summed E-state index contributed by atoms with van der Waals surface area (Å²) in [4.78, 5) is 20.6. The van der Waals surface area contributed by atoms with Crippen LogP contribution in [0.15, 0.2) is 34.1 Å². The third kappa shape index (κ3) is 3.34. The number of rotatable bonds is 4. The van der Waals surface area contributed by atoms with Crippen molar-refractivity contribution in [1.29, 1.82) is 0 Å². The standard InChI is InChI=1S/C13H12N4OS3/c1-7(11(18)17-12-15-4-5-19-12)20-13-16-9-3-2-8(14)6-10(9)21-13/h2-7H,14H2,1H3,(H,15,17,18)/t7-/m0/s1. The van der Waals surface area contributed by atoms with Crippen LogP contribution in [0.25, 0.3) is 10.2 Å². The highest BCUT2D eigenvalue weighted by Crippen LogP contribution is 2.33. The molecule has 5 nitrogen and oxygen atoms in total. The molecule has 0 aliphatic rings. The van der Waals surface area contributed by atoms with Crippen molar-refractivity contribution in [3.63, 3.8) is 0 Å². The van der Waals surface area contributed by atoms with Gasteiger partial charge in [0.15, 0.2) is 9.47 Å². The van der Waals surface area contributed by atoms with Gasteiger partial charge in [0.2, 0.25) is 5.91 Å². The molecule has 1 amide bonds. The molecule has 1 atom stereocenters. The van der Waals surface area contributed by atoms with E-state index in [2.05, 4.69) is 15.3 Å². The molecule has 21 heavy (non-hydrogen) atoms. The van der Waals surface area contributed by atoms with Crippen LogP contribution in [-0.2, 0) is 4.79 Å². The summed E-state index contributed by atoms with van der Waals surface area (Å²) in [5.41, 5.74) is 7.39. The number of aromatic nitrogens is 2. The van der Waals surface area contributed by atoms with E-state index in [0.717, 1.165) is 20.2 Å². The van der Waals surface area contributed by atoms with Crippen LogP contribution in [-0.4, -0.2) is 21.1 Å². The van der Waals surface area contributed by atoms with Crippen LogP contribution >= 0.6 is 34.4 Å². The lowest BCUT2D eigenvalue weighted by Gasteiger charge is -2.07. The van der Waals surface area contributed by atoms with E-state index in [-0.39, 0.29) is 11.2 Å². The Kier molecular flexibility index (Phi) is 4.09. The van der Waals surface area contributed by atoms with Crippen LogP contribution in [0.4, 0.5) is 10.8 Å². The molecule has 108 valence electrons. The molecule has 0 saturated heterocycles. The molecule has 2 aromatic heterocycles. The van der Waals surface area contributed by atoms with Gasteiger partial charge in [-0.25, -0.2) is 9.97 Å². The van der Waals surface area contributed by atoms with Crippen molar-refractivity contribution in [3.05, 3.63) is 29.8 Å². The van der Waals surface area contributed by atoms with Crippen molar-refractivity contribution in [1.82, 2.24) is 9.97 Å². The van der Waals surface area contributed by atoms with Crippen LogP contribution in [0.5, 0.6) is 0 Å². The molecule has 1 aromatic carbocycles. The Labute approximate surface area is 133 Å². The van der Waals surface area contributed by atoms with Gasteiger partial charge in [-0.2, -0.15) is 0 Å². The number of carbonyl (C=O) groups is 1. The largest absolute Gasteiger partial charge is 0.399 e. The molecular weight excluding hydrogens is 324 g/mol. The number of hydrogen-bond donors (Lipinski definition) is 2. The first kappa shape index (κ1) is 14.3. The van der Waals surface area contributed by atoms with E-state index in [4.69, 9.17) is 5.73 Å². The molecule has 0 saturated carbocycles. The molecule has 0 aliphatic carbocycles. The van der Waals surface area contributed by atoms with Gasteiger partial charge >= 0.3 is 0 Å². The second-order valence-corrected chi connectivity index (χ2v) is 7.81. The Morgan fingerprint density at radius 2 is 2.33 bits per heavy atom. The maximum atomic E-state index is 12.1. The highest BCUT2D eigenvalue weighted by molar-refractivity contribution is 8.02. The summed E-state index contributed by atoms with van der Waals surface area (Å²) in [6, 6.07) is 5.62. The van der Waals surface area contributed by atoms with Crippen molar-refractivity contribution >= 4 is 61.4 Å². The normalized spacial score (nSPS) is 12.4. The number of nitrogens with one attached hydrogen (secondary N) is 1. The van der Waals surface area contributed by atoms with Crippen molar-refractivity contribution < 1.29 is 4.79 Å². The molecule has 8 heteroatoms. The van der Waals surface area contributed by atoms with Crippen LogP contribution in [0.2, 0.25) is 0 Å². The van der Waals surface area contributed by atoms with E-state index in [1.54, 1.807) is 17.5 Å². The van der Waals surface area contributed by atoms with Crippen LogP contribution in [0, 0.1) is 0 Å². The van der Waals surface area contributed by atoms with Gasteiger partial charge in [-0.3, -0.25) is 4.79 Å². The number of carbonyl (C=O) groups excluding carboxylic acids is 1. The summed E-state index contributed by atoms with van der Waals surface area (Å²) in [6.45, 7) is 1.86. The highest BCUT2D eigenvalue weighted by Gasteiger charge is 2.17. The average Bonchev–Trinajstić information content (AvgIpc) is 3.07.